The Balaban J connectivity index is 2.39. The maximum atomic E-state index is 13.8. The van der Waals surface area contributed by atoms with E-state index in [2.05, 4.69) is 5.32 Å². The Hall–Kier alpha value is -2.36. The van der Waals surface area contributed by atoms with Gasteiger partial charge in [-0.1, -0.05) is 49.2 Å². The van der Waals surface area contributed by atoms with Crippen molar-refractivity contribution < 1.29 is 22.4 Å². The predicted octanol–water partition coefficient (Wildman–Crippen LogP) is 4.09. The number of hydrogen-bond acceptors (Lipinski definition) is 4. The van der Waals surface area contributed by atoms with E-state index < -0.39 is 40.2 Å². The third kappa shape index (κ3) is 7.85. The highest BCUT2D eigenvalue weighted by atomic mass is 35.5. The summed E-state index contributed by atoms with van der Waals surface area (Å²) in [5.74, 6) is -1.48. The predicted molar refractivity (Wildman–Crippen MR) is 133 cm³/mol. The lowest BCUT2D eigenvalue weighted by molar-refractivity contribution is -0.139. The Kier molecular flexibility index (Phi) is 9.73. The number of halogens is 3. The van der Waals surface area contributed by atoms with E-state index in [0.29, 0.717) is 17.1 Å². The minimum absolute atomic E-state index is 0.00208. The largest absolute Gasteiger partial charge is 0.354 e. The monoisotopic (exact) mass is 531 g/mol. The van der Waals surface area contributed by atoms with Gasteiger partial charge in [-0.05, 0) is 48.7 Å². The average Bonchev–Trinajstić information content (AvgIpc) is 2.75. The summed E-state index contributed by atoms with van der Waals surface area (Å²) in [6, 6.07) is 8.82. The van der Waals surface area contributed by atoms with Crippen LogP contribution in [0.1, 0.15) is 26.3 Å². The van der Waals surface area contributed by atoms with Crippen LogP contribution in [-0.2, 0) is 26.2 Å². The van der Waals surface area contributed by atoms with E-state index in [1.807, 2.05) is 13.8 Å². The van der Waals surface area contributed by atoms with Crippen LogP contribution >= 0.6 is 23.2 Å². The highest BCUT2D eigenvalue weighted by Crippen LogP contribution is 2.24. The van der Waals surface area contributed by atoms with Crippen LogP contribution in [0, 0.1) is 11.7 Å². The van der Waals surface area contributed by atoms with Crippen LogP contribution in [0.25, 0.3) is 0 Å². The molecule has 1 N–H and O–H groups in total. The lowest BCUT2D eigenvalue weighted by atomic mass is 10.1. The zero-order chi connectivity index (χ0) is 25.6. The van der Waals surface area contributed by atoms with E-state index in [4.69, 9.17) is 23.2 Å². The molecule has 34 heavy (non-hydrogen) atoms. The first-order chi connectivity index (χ1) is 15.8. The minimum atomic E-state index is -3.94. The molecular weight excluding hydrogens is 504 g/mol. The Morgan fingerprint density at radius 3 is 2.29 bits per heavy atom. The summed E-state index contributed by atoms with van der Waals surface area (Å²) in [5, 5.41) is 3.40. The first kappa shape index (κ1) is 27.9. The maximum Gasteiger partial charge on any atom is 0.244 e. The number of anilines is 1. The Morgan fingerprint density at radius 1 is 1.06 bits per heavy atom. The van der Waals surface area contributed by atoms with Crippen molar-refractivity contribution in [3.05, 3.63) is 63.9 Å². The van der Waals surface area contributed by atoms with E-state index in [0.717, 1.165) is 16.6 Å². The van der Waals surface area contributed by atoms with Crippen molar-refractivity contribution in [2.24, 2.45) is 5.92 Å². The summed E-state index contributed by atoms with van der Waals surface area (Å²) in [5.41, 5.74) is 0.602. The number of carbonyl (C=O) groups is 2. The van der Waals surface area contributed by atoms with Crippen molar-refractivity contribution in [3.8, 4) is 0 Å². The van der Waals surface area contributed by atoms with Crippen molar-refractivity contribution in [1.82, 2.24) is 10.2 Å². The SMILES string of the molecule is CC(C)CNC(=O)[C@@H](C)N(Cc1ccc(Cl)c(Cl)c1)C(=O)CN(c1cccc(F)c1)S(C)(=O)=O. The van der Waals surface area contributed by atoms with Gasteiger partial charge in [0.25, 0.3) is 0 Å². The number of amides is 2. The van der Waals surface area contributed by atoms with Gasteiger partial charge in [-0.25, -0.2) is 12.8 Å². The number of nitrogens with zero attached hydrogens (tertiary/aromatic N) is 2. The van der Waals surface area contributed by atoms with E-state index in [9.17, 15) is 22.4 Å². The van der Waals surface area contributed by atoms with Crippen molar-refractivity contribution >= 4 is 50.7 Å². The van der Waals surface area contributed by atoms with Crippen molar-refractivity contribution in [2.45, 2.75) is 33.4 Å². The summed E-state index contributed by atoms with van der Waals surface area (Å²) in [4.78, 5) is 27.4. The molecule has 0 bridgehead atoms. The molecule has 2 aromatic carbocycles. The Morgan fingerprint density at radius 2 is 1.74 bits per heavy atom. The second-order valence-electron chi connectivity index (χ2n) is 8.33. The quantitative estimate of drug-likeness (QED) is 0.500. The Labute approximate surface area is 209 Å². The molecule has 1 atom stereocenters. The molecule has 11 heteroatoms. The summed E-state index contributed by atoms with van der Waals surface area (Å²) >= 11 is 12.1. The summed E-state index contributed by atoms with van der Waals surface area (Å²) in [7, 11) is -3.94. The molecule has 0 aliphatic heterocycles. The zero-order valence-electron chi connectivity index (χ0n) is 19.4. The van der Waals surface area contributed by atoms with Crippen LogP contribution < -0.4 is 9.62 Å². The lowest BCUT2D eigenvalue weighted by Gasteiger charge is -2.31. The highest BCUT2D eigenvalue weighted by Gasteiger charge is 2.30. The molecular formula is C23H28Cl2FN3O4S. The van der Waals surface area contributed by atoms with Crippen LogP contribution in [0.2, 0.25) is 10.0 Å². The van der Waals surface area contributed by atoms with Gasteiger partial charge < -0.3 is 10.2 Å². The van der Waals surface area contributed by atoms with Crippen LogP contribution in [0.3, 0.4) is 0 Å². The normalized spacial score (nSPS) is 12.4. The molecule has 0 spiro atoms. The molecule has 2 rings (SSSR count). The molecule has 0 aromatic heterocycles. The van der Waals surface area contributed by atoms with Gasteiger partial charge in [0.05, 0.1) is 22.0 Å². The van der Waals surface area contributed by atoms with Gasteiger partial charge in [-0.15, -0.1) is 0 Å². The average molecular weight is 532 g/mol. The van der Waals surface area contributed by atoms with Crippen molar-refractivity contribution in [2.75, 3.05) is 23.7 Å². The van der Waals surface area contributed by atoms with Gasteiger partial charge in [0.15, 0.2) is 0 Å². The van der Waals surface area contributed by atoms with Crippen LogP contribution in [0.15, 0.2) is 42.5 Å². The molecule has 0 fully saturated rings. The molecule has 2 amide bonds. The number of sulfonamides is 1. The smallest absolute Gasteiger partial charge is 0.244 e. The lowest BCUT2D eigenvalue weighted by Crippen LogP contribution is -2.51. The van der Waals surface area contributed by atoms with Crippen LogP contribution in [0.5, 0.6) is 0 Å². The third-order valence-corrected chi connectivity index (χ3v) is 6.84. The van der Waals surface area contributed by atoms with Gasteiger partial charge in [-0.3, -0.25) is 13.9 Å². The summed E-state index contributed by atoms with van der Waals surface area (Å²) in [6.07, 6.45) is 0.924. The summed E-state index contributed by atoms with van der Waals surface area (Å²) in [6.45, 7) is 5.20. The van der Waals surface area contributed by atoms with Crippen LogP contribution in [0.4, 0.5) is 10.1 Å². The maximum absolute atomic E-state index is 13.8. The molecule has 0 radical (unpaired) electrons. The molecule has 2 aromatic rings. The standard InChI is InChI=1S/C23H28Cl2FN3O4S/c1-15(2)12-27-23(31)16(3)28(13-17-8-9-20(24)21(25)10-17)22(30)14-29(34(4,32)33)19-7-5-6-18(26)11-19/h5-11,15-16H,12-14H2,1-4H3,(H,27,31)/t16-/m1/s1. The number of nitrogens with one attached hydrogen (secondary N) is 1. The van der Waals surface area contributed by atoms with E-state index >= 15 is 0 Å². The topological polar surface area (TPSA) is 86.8 Å². The molecule has 0 saturated carbocycles. The second-order valence-corrected chi connectivity index (χ2v) is 11.1. The fourth-order valence-corrected chi connectivity index (χ4v) is 4.28. The number of benzene rings is 2. The molecule has 186 valence electrons. The first-order valence-electron chi connectivity index (χ1n) is 10.5. The Bertz CT molecular complexity index is 1140. The number of hydrogen-bond donors (Lipinski definition) is 1. The van der Waals surface area contributed by atoms with Crippen molar-refractivity contribution in [1.29, 1.82) is 0 Å². The molecule has 0 aliphatic carbocycles. The van der Waals surface area contributed by atoms with Gasteiger partial charge in [0.2, 0.25) is 21.8 Å². The van der Waals surface area contributed by atoms with Crippen molar-refractivity contribution in [3.63, 3.8) is 0 Å². The fourth-order valence-electron chi connectivity index (χ4n) is 3.11. The molecule has 0 aliphatic rings. The molecule has 7 nitrogen and oxygen atoms in total. The van der Waals surface area contributed by atoms with E-state index in [-0.39, 0.29) is 23.2 Å². The summed E-state index contributed by atoms with van der Waals surface area (Å²) < 4.78 is 39.5. The van der Waals surface area contributed by atoms with Crippen LogP contribution in [-0.4, -0.2) is 50.5 Å². The number of carbonyl (C=O) groups excluding carboxylic acids is 2. The van der Waals surface area contributed by atoms with Gasteiger partial charge in [0, 0.05) is 13.1 Å². The van der Waals surface area contributed by atoms with E-state index in [1.54, 1.807) is 25.1 Å². The third-order valence-electron chi connectivity index (χ3n) is 4.96. The second kappa shape index (κ2) is 11.9. The molecule has 0 unspecified atom stereocenters. The van der Waals surface area contributed by atoms with Gasteiger partial charge in [0.1, 0.15) is 18.4 Å². The minimum Gasteiger partial charge on any atom is -0.354 e. The fraction of sp³-hybridized carbons (Fsp3) is 0.391. The molecule has 0 heterocycles. The van der Waals surface area contributed by atoms with Gasteiger partial charge in [-0.2, -0.15) is 0 Å². The van der Waals surface area contributed by atoms with Gasteiger partial charge >= 0.3 is 0 Å². The highest BCUT2D eigenvalue weighted by molar-refractivity contribution is 7.92. The first-order valence-corrected chi connectivity index (χ1v) is 13.1. The van der Waals surface area contributed by atoms with E-state index in [1.165, 1.54) is 23.1 Å². The molecule has 0 saturated heterocycles. The zero-order valence-corrected chi connectivity index (χ0v) is 21.7. The number of rotatable bonds is 10.